The molecular weight excluding hydrogens is 328 g/mol. The Balaban J connectivity index is 1.55. The van der Waals surface area contributed by atoms with Crippen LogP contribution in [0.15, 0.2) is 18.2 Å². The number of amides is 1. The predicted molar refractivity (Wildman–Crippen MR) is 94.9 cm³/mol. The number of carbonyl (C=O) groups is 1. The molecule has 6 heteroatoms. The van der Waals surface area contributed by atoms with Gasteiger partial charge in [-0.1, -0.05) is 11.6 Å². The molecule has 0 aromatic heterocycles. The van der Waals surface area contributed by atoms with Crippen LogP contribution in [0.4, 0.5) is 10.5 Å². The third-order valence-corrected chi connectivity index (χ3v) is 4.70. The normalized spacial score (nSPS) is 21.5. The predicted octanol–water partition coefficient (Wildman–Crippen LogP) is 4.16. The number of nitrogens with one attached hydrogen (secondary N) is 1. The maximum atomic E-state index is 12.1. The maximum absolute atomic E-state index is 12.1. The first-order valence-electron chi connectivity index (χ1n) is 8.49. The molecule has 0 radical (unpaired) electrons. The van der Waals surface area contributed by atoms with Gasteiger partial charge in [-0.2, -0.15) is 0 Å². The van der Waals surface area contributed by atoms with E-state index >= 15 is 0 Å². The highest BCUT2D eigenvalue weighted by Gasteiger charge is 2.32. The van der Waals surface area contributed by atoms with Crippen molar-refractivity contribution in [2.24, 2.45) is 5.92 Å². The van der Waals surface area contributed by atoms with E-state index in [1.807, 2.05) is 39.0 Å². The van der Waals surface area contributed by atoms with E-state index < -0.39 is 5.60 Å². The Morgan fingerprint density at radius 3 is 2.71 bits per heavy atom. The van der Waals surface area contributed by atoms with E-state index in [-0.39, 0.29) is 12.1 Å². The van der Waals surface area contributed by atoms with Crippen molar-refractivity contribution in [2.75, 3.05) is 25.0 Å². The van der Waals surface area contributed by atoms with Crippen molar-refractivity contribution in [2.45, 2.75) is 45.3 Å². The first-order chi connectivity index (χ1) is 11.3. The zero-order valence-corrected chi connectivity index (χ0v) is 15.2. The third-order valence-electron chi connectivity index (χ3n) is 4.46. The lowest BCUT2D eigenvalue weighted by Crippen LogP contribution is -2.47. The lowest BCUT2D eigenvalue weighted by atomic mass is 9.89. The van der Waals surface area contributed by atoms with Gasteiger partial charge in [-0.25, -0.2) is 4.79 Å². The average Bonchev–Trinajstić information content (AvgIpc) is 2.52. The van der Waals surface area contributed by atoms with Crippen molar-refractivity contribution in [3.05, 3.63) is 23.2 Å². The number of rotatable bonds is 1. The fourth-order valence-electron chi connectivity index (χ4n) is 3.23. The quantitative estimate of drug-likeness (QED) is 0.824. The van der Waals surface area contributed by atoms with Crippen LogP contribution < -0.4 is 10.1 Å². The van der Waals surface area contributed by atoms with Gasteiger partial charge in [-0.05, 0) is 57.7 Å². The topological polar surface area (TPSA) is 50.8 Å². The maximum Gasteiger partial charge on any atom is 0.410 e. The molecule has 5 nitrogen and oxygen atoms in total. The van der Waals surface area contributed by atoms with Gasteiger partial charge in [0.25, 0.3) is 0 Å². The van der Waals surface area contributed by atoms with Crippen LogP contribution in [0.2, 0.25) is 5.02 Å². The standard InChI is InChI=1S/C18H25ClN2O3/c1-18(2,3)24-17(22)21-8-6-12(7-9-21)15-11-23-16-5-4-13(19)10-14(16)20-15/h4-5,10,12,15,20H,6-9,11H2,1-3H3. The first-order valence-corrected chi connectivity index (χ1v) is 8.86. The summed E-state index contributed by atoms with van der Waals surface area (Å²) in [5.74, 6) is 1.32. The molecule has 1 aromatic rings. The summed E-state index contributed by atoms with van der Waals surface area (Å²) in [6, 6.07) is 5.88. The van der Waals surface area contributed by atoms with Crippen molar-refractivity contribution in [1.29, 1.82) is 0 Å². The fourth-order valence-corrected chi connectivity index (χ4v) is 3.40. The Bertz CT molecular complexity index is 607. The van der Waals surface area contributed by atoms with Crippen LogP contribution in [0.25, 0.3) is 0 Å². The Morgan fingerprint density at radius 1 is 1.33 bits per heavy atom. The van der Waals surface area contributed by atoms with E-state index in [0.29, 0.717) is 17.5 Å². The second kappa shape index (κ2) is 6.71. The molecule has 0 bridgehead atoms. The first kappa shape index (κ1) is 17.2. The monoisotopic (exact) mass is 352 g/mol. The Hall–Kier alpha value is -1.62. The summed E-state index contributed by atoms with van der Waals surface area (Å²) in [6.07, 6.45) is 1.66. The summed E-state index contributed by atoms with van der Waals surface area (Å²) in [7, 11) is 0. The van der Waals surface area contributed by atoms with Gasteiger partial charge in [-0.3, -0.25) is 0 Å². The lowest BCUT2D eigenvalue weighted by Gasteiger charge is -2.39. The molecule has 1 fully saturated rings. The van der Waals surface area contributed by atoms with Gasteiger partial charge in [0, 0.05) is 18.1 Å². The highest BCUT2D eigenvalue weighted by molar-refractivity contribution is 6.30. The smallest absolute Gasteiger partial charge is 0.410 e. The molecule has 1 N–H and O–H groups in total. The van der Waals surface area contributed by atoms with Gasteiger partial charge in [0.1, 0.15) is 18.0 Å². The third kappa shape index (κ3) is 4.07. The number of fused-ring (bicyclic) bond motifs is 1. The molecule has 0 aliphatic carbocycles. The zero-order valence-electron chi connectivity index (χ0n) is 14.5. The number of ether oxygens (including phenoxy) is 2. The van der Waals surface area contributed by atoms with Crippen LogP contribution in [-0.4, -0.2) is 42.3 Å². The lowest BCUT2D eigenvalue weighted by molar-refractivity contribution is 0.0170. The SMILES string of the molecule is CC(C)(C)OC(=O)N1CCC(C2COc3ccc(Cl)cc3N2)CC1. The van der Waals surface area contributed by atoms with Crippen molar-refractivity contribution in [3.63, 3.8) is 0 Å². The van der Waals surface area contributed by atoms with Gasteiger partial charge < -0.3 is 19.7 Å². The van der Waals surface area contributed by atoms with Crippen LogP contribution in [0.5, 0.6) is 5.75 Å². The number of carbonyl (C=O) groups excluding carboxylic acids is 1. The van der Waals surface area contributed by atoms with Crippen molar-refractivity contribution < 1.29 is 14.3 Å². The molecule has 2 aliphatic heterocycles. The molecule has 1 atom stereocenters. The Morgan fingerprint density at radius 2 is 2.04 bits per heavy atom. The summed E-state index contributed by atoms with van der Waals surface area (Å²) in [5.41, 5.74) is 0.503. The molecule has 2 aliphatic rings. The van der Waals surface area contributed by atoms with Gasteiger partial charge in [0.05, 0.1) is 11.7 Å². The molecule has 3 rings (SSSR count). The molecule has 0 saturated carbocycles. The summed E-state index contributed by atoms with van der Waals surface area (Å²) in [6.45, 7) is 7.77. The minimum absolute atomic E-state index is 0.217. The number of nitrogens with zero attached hydrogens (tertiary/aromatic N) is 1. The van der Waals surface area contributed by atoms with E-state index in [4.69, 9.17) is 21.1 Å². The minimum atomic E-state index is -0.449. The molecular formula is C18H25ClN2O3. The zero-order chi connectivity index (χ0) is 17.3. The average molecular weight is 353 g/mol. The molecule has 132 valence electrons. The molecule has 24 heavy (non-hydrogen) atoms. The van der Waals surface area contributed by atoms with Gasteiger partial charge >= 0.3 is 6.09 Å². The van der Waals surface area contributed by atoms with E-state index in [1.54, 1.807) is 4.90 Å². The van der Waals surface area contributed by atoms with E-state index in [2.05, 4.69) is 5.32 Å². The molecule has 2 heterocycles. The number of halogens is 1. The van der Waals surface area contributed by atoms with Crippen molar-refractivity contribution >= 4 is 23.4 Å². The second-order valence-electron chi connectivity index (χ2n) is 7.51. The minimum Gasteiger partial charge on any atom is -0.489 e. The van der Waals surface area contributed by atoms with Crippen LogP contribution in [-0.2, 0) is 4.74 Å². The summed E-state index contributed by atoms with van der Waals surface area (Å²) < 4.78 is 11.3. The highest BCUT2D eigenvalue weighted by atomic mass is 35.5. The number of likely N-dealkylation sites (tertiary alicyclic amines) is 1. The highest BCUT2D eigenvalue weighted by Crippen LogP contribution is 2.35. The fraction of sp³-hybridized carbons (Fsp3) is 0.611. The summed E-state index contributed by atoms with van der Waals surface area (Å²) >= 11 is 6.06. The summed E-state index contributed by atoms with van der Waals surface area (Å²) in [4.78, 5) is 13.9. The number of benzene rings is 1. The second-order valence-corrected chi connectivity index (χ2v) is 7.94. The molecule has 1 amide bonds. The van der Waals surface area contributed by atoms with Crippen LogP contribution >= 0.6 is 11.6 Å². The Kier molecular flexibility index (Phi) is 4.81. The molecule has 0 spiro atoms. The van der Waals surface area contributed by atoms with Crippen LogP contribution in [0, 0.1) is 5.92 Å². The molecule has 1 unspecified atom stereocenters. The molecule has 1 aromatic carbocycles. The van der Waals surface area contributed by atoms with Gasteiger partial charge in [0.2, 0.25) is 0 Å². The largest absolute Gasteiger partial charge is 0.489 e. The van der Waals surface area contributed by atoms with Crippen molar-refractivity contribution in [1.82, 2.24) is 4.90 Å². The van der Waals surface area contributed by atoms with E-state index in [9.17, 15) is 4.79 Å². The number of hydrogen-bond donors (Lipinski definition) is 1. The van der Waals surface area contributed by atoms with Crippen LogP contribution in [0.3, 0.4) is 0 Å². The summed E-state index contributed by atoms with van der Waals surface area (Å²) in [5, 5.41) is 4.24. The van der Waals surface area contributed by atoms with Crippen LogP contribution in [0.1, 0.15) is 33.6 Å². The van der Waals surface area contributed by atoms with Gasteiger partial charge in [-0.15, -0.1) is 0 Å². The molecule has 1 saturated heterocycles. The Labute approximate surface area is 148 Å². The van der Waals surface area contributed by atoms with Gasteiger partial charge in [0.15, 0.2) is 0 Å². The van der Waals surface area contributed by atoms with E-state index in [1.165, 1.54) is 0 Å². The number of piperidine rings is 1. The number of hydrogen-bond acceptors (Lipinski definition) is 4. The van der Waals surface area contributed by atoms with Crippen molar-refractivity contribution in [3.8, 4) is 5.75 Å². The van der Waals surface area contributed by atoms with E-state index in [0.717, 1.165) is 37.4 Å². The number of anilines is 1.